The Morgan fingerprint density at radius 1 is 1.39 bits per heavy atom. The number of aliphatic hydroxyl groups excluding tert-OH is 1. The van der Waals surface area contributed by atoms with Gasteiger partial charge in [0.15, 0.2) is 0 Å². The van der Waals surface area contributed by atoms with Crippen LogP contribution < -0.4 is 5.32 Å². The molecule has 1 aromatic rings. The van der Waals surface area contributed by atoms with Crippen molar-refractivity contribution in [1.82, 2.24) is 5.32 Å². The lowest BCUT2D eigenvalue weighted by Crippen LogP contribution is -2.21. The van der Waals surface area contributed by atoms with Gasteiger partial charge in [0.1, 0.15) is 5.82 Å². The highest BCUT2D eigenvalue weighted by Gasteiger charge is 2.21. The predicted octanol–water partition coefficient (Wildman–Crippen LogP) is 1.80. The van der Waals surface area contributed by atoms with E-state index in [1.54, 1.807) is 6.07 Å². The van der Waals surface area contributed by atoms with Gasteiger partial charge in [0, 0.05) is 12.6 Å². The van der Waals surface area contributed by atoms with Crippen molar-refractivity contribution in [3.05, 3.63) is 35.1 Å². The highest BCUT2D eigenvalue weighted by Crippen LogP contribution is 2.31. The van der Waals surface area contributed by atoms with Crippen LogP contribution in [0.5, 0.6) is 0 Å². The Labute approximate surface area is 107 Å². The first-order valence-corrected chi connectivity index (χ1v) is 6.51. The van der Waals surface area contributed by atoms with Gasteiger partial charge in [0.2, 0.25) is 0 Å². The molecule has 1 aliphatic carbocycles. The van der Waals surface area contributed by atoms with E-state index in [0.717, 1.165) is 31.4 Å². The number of fused-ring (bicyclic) bond motifs is 1. The predicted molar refractivity (Wildman–Crippen MR) is 68.0 cm³/mol. The maximum atomic E-state index is 13.2. The number of benzene rings is 1. The van der Waals surface area contributed by atoms with Crippen LogP contribution in [-0.2, 0) is 11.2 Å². The summed E-state index contributed by atoms with van der Waals surface area (Å²) in [4.78, 5) is 0. The minimum Gasteiger partial charge on any atom is -0.394 e. The molecule has 1 aromatic carbocycles. The normalized spacial score (nSPS) is 18.0. The van der Waals surface area contributed by atoms with Gasteiger partial charge in [-0.2, -0.15) is 0 Å². The fourth-order valence-corrected chi connectivity index (χ4v) is 2.40. The van der Waals surface area contributed by atoms with Crippen molar-refractivity contribution in [2.75, 3.05) is 26.4 Å². The van der Waals surface area contributed by atoms with E-state index in [4.69, 9.17) is 9.84 Å². The van der Waals surface area contributed by atoms with E-state index >= 15 is 0 Å². The Kier molecular flexibility index (Phi) is 5.11. The van der Waals surface area contributed by atoms with Gasteiger partial charge in [0.05, 0.1) is 13.2 Å². The van der Waals surface area contributed by atoms with E-state index in [-0.39, 0.29) is 18.5 Å². The third kappa shape index (κ3) is 3.51. The summed E-state index contributed by atoms with van der Waals surface area (Å²) in [6, 6.07) is 5.33. The molecule has 0 amide bonds. The Bertz CT molecular complexity index is 384. The lowest BCUT2D eigenvalue weighted by atomic mass is 10.1. The van der Waals surface area contributed by atoms with Crippen LogP contribution >= 0.6 is 0 Å². The highest BCUT2D eigenvalue weighted by atomic mass is 19.1. The molecule has 0 heterocycles. The van der Waals surface area contributed by atoms with Crippen molar-refractivity contribution in [2.45, 2.75) is 25.3 Å². The van der Waals surface area contributed by atoms with Gasteiger partial charge in [-0.25, -0.2) is 4.39 Å². The fourth-order valence-electron chi connectivity index (χ4n) is 2.40. The van der Waals surface area contributed by atoms with Crippen molar-refractivity contribution < 1.29 is 14.2 Å². The molecule has 0 saturated carbocycles. The molecule has 2 rings (SSSR count). The van der Waals surface area contributed by atoms with E-state index in [2.05, 4.69) is 5.32 Å². The molecule has 3 nitrogen and oxygen atoms in total. The Hall–Kier alpha value is -0.970. The number of aliphatic hydroxyl groups is 1. The third-order valence-electron chi connectivity index (χ3n) is 3.28. The fraction of sp³-hybridized carbons (Fsp3) is 0.571. The summed E-state index contributed by atoms with van der Waals surface area (Å²) < 4.78 is 18.4. The molecule has 100 valence electrons. The summed E-state index contributed by atoms with van der Waals surface area (Å²) in [7, 11) is 0. The molecule has 1 atom stereocenters. The molecular formula is C14H20FNO2. The zero-order valence-corrected chi connectivity index (χ0v) is 10.5. The maximum absolute atomic E-state index is 13.2. The van der Waals surface area contributed by atoms with Crippen molar-refractivity contribution in [1.29, 1.82) is 0 Å². The quantitative estimate of drug-likeness (QED) is 0.728. The average molecular weight is 253 g/mol. The number of aryl methyl sites for hydroxylation is 1. The Balaban J connectivity index is 1.74. The van der Waals surface area contributed by atoms with Crippen LogP contribution in [0.1, 0.15) is 30.0 Å². The molecule has 0 radical (unpaired) electrons. The Morgan fingerprint density at radius 2 is 2.28 bits per heavy atom. The summed E-state index contributed by atoms with van der Waals surface area (Å²) in [5.74, 6) is -0.159. The van der Waals surface area contributed by atoms with Crippen LogP contribution in [0.2, 0.25) is 0 Å². The van der Waals surface area contributed by atoms with Gasteiger partial charge >= 0.3 is 0 Å². The topological polar surface area (TPSA) is 41.5 Å². The highest BCUT2D eigenvalue weighted by molar-refractivity contribution is 5.34. The second kappa shape index (κ2) is 6.83. The largest absolute Gasteiger partial charge is 0.394 e. The van der Waals surface area contributed by atoms with Crippen molar-refractivity contribution in [3.63, 3.8) is 0 Å². The van der Waals surface area contributed by atoms with Crippen LogP contribution in [-0.4, -0.2) is 31.5 Å². The van der Waals surface area contributed by atoms with Gasteiger partial charge in [-0.05, 0) is 49.1 Å². The summed E-state index contributed by atoms with van der Waals surface area (Å²) in [6.07, 6.45) is 2.96. The zero-order chi connectivity index (χ0) is 12.8. The maximum Gasteiger partial charge on any atom is 0.123 e. The van der Waals surface area contributed by atoms with Crippen molar-refractivity contribution >= 4 is 0 Å². The van der Waals surface area contributed by atoms with Gasteiger partial charge < -0.3 is 15.2 Å². The first-order valence-electron chi connectivity index (χ1n) is 6.51. The van der Waals surface area contributed by atoms with Gasteiger partial charge in [-0.15, -0.1) is 0 Å². The second-order valence-corrected chi connectivity index (χ2v) is 4.58. The summed E-state index contributed by atoms with van der Waals surface area (Å²) in [6.45, 7) is 1.97. The summed E-state index contributed by atoms with van der Waals surface area (Å²) in [5, 5.41) is 12.0. The number of rotatable bonds is 7. The van der Waals surface area contributed by atoms with Gasteiger partial charge in [-0.1, -0.05) is 6.07 Å². The number of hydrogen-bond acceptors (Lipinski definition) is 3. The summed E-state index contributed by atoms with van der Waals surface area (Å²) in [5.41, 5.74) is 2.36. The number of hydrogen-bond donors (Lipinski definition) is 2. The van der Waals surface area contributed by atoms with E-state index in [1.807, 2.05) is 6.07 Å². The molecule has 4 heteroatoms. The van der Waals surface area contributed by atoms with Gasteiger partial charge in [-0.3, -0.25) is 0 Å². The van der Waals surface area contributed by atoms with Crippen LogP contribution in [0.3, 0.4) is 0 Å². The van der Waals surface area contributed by atoms with Crippen LogP contribution in [0, 0.1) is 5.82 Å². The molecule has 0 aliphatic heterocycles. The van der Waals surface area contributed by atoms with E-state index in [0.29, 0.717) is 13.2 Å². The van der Waals surface area contributed by atoms with Crippen LogP contribution in [0.25, 0.3) is 0 Å². The molecule has 18 heavy (non-hydrogen) atoms. The van der Waals surface area contributed by atoms with E-state index in [9.17, 15) is 4.39 Å². The molecule has 1 unspecified atom stereocenters. The average Bonchev–Trinajstić information content (AvgIpc) is 2.76. The molecule has 0 spiro atoms. The second-order valence-electron chi connectivity index (χ2n) is 4.58. The first kappa shape index (κ1) is 13.5. The number of nitrogens with one attached hydrogen (secondary N) is 1. The minimum atomic E-state index is -0.159. The molecule has 2 N–H and O–H groups in total. The molecule has 0 bridgehead atoms. The standard InChI is InChI=1S/C14H20FNO2/c15-12-4-2-11-3-5-14(13(11)10-12)16-6-1-8-18-9-7-17/h2,4,10,14,16-17H,1,3,5-9H2. The molecular weight excluding hydrogens is 233 g/mol. The van der Waals surface area contributed by atoms with Crippen molar-refractivity contribution in [3.8, 4) is 0 Å². The number of ether oxygens (including phenoxy) is 1. The first-order chi connectivity index (χ1) is 8.81. The summed E-state index contributed by atoms with van der Waals surface area (Å²) >= 11 is 0. The Morgan fingerprint density at radius 3 is 3.11 bits per heavy atom. The van der Waals surface area contributed by atoms with Crippen LogP contribution in [0.4, 0.5) is 4.39 Å². The SMILES string of the molecule is OCCOCCCNC1CCc2ccc(F)cc21. The zero-order valence-electron chi connectivity index (χ0n) is 10.5. The number of halogens is 1. The molecule has 0 fully saturated rings. The van der Waals surface area contributed by atoms with Gasteiger partial charge in [0.25, 0.3) is 0 Å². The lowest BCUT2D eigenvalue weighted by Gasteiger charge is -2.14. The monoisotopic (exact) mass is 253 g/mol. The third-order valence-corrected chi connectivity index (χ3v) is 3.28. The molecule has 1 aliphatic rings. The van der Waals surface area contributed by atoms with Crippen molar-refractivity contribution in [2.24, 2.45) is 0 Å². The van der Waals surface area contributed by atoms with E-state index in [1.165, 1.54) is 11.6 Å². The lowest BCUT2D eigenvalue weighted by molar-refractivity contribution is 0.0904. The smallest absolute Gasteiger partial charge is 0.123 e. The van der Waals surface area contributed by atoms with Crippen LogP contribution in [0.15, 0.2) is 18.2 Å². The minimum absolute atomic E-state index is 0.0721. The van der Waals surface area contributed by atoms with E-state index < -0.39 is 0 Å². The molecule has 0 saturated heterocycles. The molecule has 0 aromatic heterocycles.